The standard InChI is InChI=1S/C20H24N4O3S/c1-4-10-21-19(25)14(2)28-20-23-22-18(15-7-5-8-16(12-15)26-3)24(20)13-17-9-6-11-27-17/h5-9,11-12,14H,4,10,13H2,1-3H3,(H,21,25)/t14-/m0/s1. The van der Waals surface area contributed by atoms with Gasteiger partial charge in [-0.05, 0) is 37.6 Å². The summed E-state index contributed by atoms with van der Waals surface area (Å²) in [5.74, 6) is 2.21. The average molecular weight is 401 g/mol. The monoisotopic (exact) mass is 400 g/mol. The van der Waals surface area contributed by atoms with Crippen LogP contribution >= 0.6 is 11.8 Å². The van der Waals surface area contributed by atoms with Crippen molar-refractivity contribution in [2.45, 2.75) is 37.2 Å². The third kappa shape index (κ3) is 4.75. The smallest absolute Gasteiger partial charge is 0.233 e. The highest BCUT2D eigenvalue weighted by Crippen LogP contribution is 2.29. The fourth-order valence-electron chi connectivity index (χ4n) is 2.66. The van der Waals surface area contributed by atoms with Crippen LogP contribution in [0.5, 0.6) is 5.75 Å². The Morgan fingerprint density at radius 1 is 1.32 bits per heavy atom. The molecule has 28 heavy (non-hydrogen) atoms. The molecule has 0 aliphatic rings. The summed E-state index contributed by atoms with van der Waals surface area (Å²) < 4.78 is 12.8. The summed E-state index contributed by atoms with van der Waals surface area (Å²) in [6, 6.07) is 11.4. The van der Waals surface area contributed by atoms with Crippen molar-refractivity contribution < 1.29 is 13.9 Å². The fraction of sp³-hybridized carbons (Fsp3) is 0.350. The van der Waals surface area contributed by atoms with E-state index in [1.807, 2.05) is 54.8 Å². The molecule has 2 heterocycles. The van der Waals surface area contributed by atoms with Crippen molar-refractivity contribution in [2.75, 3.05) is 13.7 Å². The van der Waals surface area contributed by atoms with Crippen LogP contribution in [0.4, 0.5) is 0 Å². The Morgan fingerprint density at radius 2 is 2.18 bits per heavy atom. The van der Waals surface area contributed by atoms with Gasteiger partial charge in [0.2, 0.25) is 5.91 Å². The molecule has 8 heteroatoms. The lowest BCUT2D eigenvalue weighted by Crippen LogP contribution is -2.31. The van der Waals surface area contributed by atoms with E-state index in [1.54, 1.807) is 13.4 Å². The Bertz CT molecular complexity index is 908. The van der Waals surface area contributed by atoms with Gasteiger partial charge in [0, 0.05) is 12.1 Å². The number of rotatable bonds is 9. The molecule has 1 amide bonds. The first-order valence-electron chi connectivity index (χ1n) is 9.16. The van der Waals surface area contributed by atoms with Crippen molar-refractivity contribution in [1.29, 1.82) is 0 Å². The van der Waals surface area contributed by atoms with Gasteiger partial charge in [-0.1, -0.05) is 30.8 Å². The van der Waals surface area contributed by atoms with E-state index in [2.05, 4.69) is 15.5 Å². The predicted octanol–water partition coefficient (Wildman–Crippen LogP) is 3.60. The second-order valence-corrected chi connectivity index (χ2v) is 7.56. The van der Waals surface area contributed by atoms with Crippen LogP contribution in [0.1, 0.15) is 26.0 Å². The molecular weight excluding hydrogens is 376 g/mol. The number of nitrogens with one attached hydrogen (secondary N) is 1. The molecule has 1 aromatic carbocycles. The van der Waals surface area contributed by atoms with Gasteiger partial charge in [-0.3, -0.25) is 9.36 Å². The molecule has 1 N–H and O–H groups in total. The number of hydrogen-bond donors (Lipinski definition) is 1. The first kappa shape index (κ1) is 20.0. The minimum absolute atomic E-state index is 0.0117. The lowest BCUT2D eigenvalue weighted by atomic mass is 10.2. The molecule has 0 aliphatic carbocycles. The number of thioether (sulfide) groups is 1. The molecule has 3 aromatic rings. The van der Waals surface area contributed by atoms with Crippen LogP contribution < -0.4 is 10.1 Å². The first-order chi connectivity index (χ1) is 13.6. The zero-order valence-electron chi connectivity index (χ0n) is 16.2. The first-order valence-corrected chi connectivity index (χ1v) is 10.0. The van der Waals surface area contributed by atoms with E-state index < -0.39 is 0 Å². The molecule has 0 saturated heterocycles. The minimum atomic E-state index is -0.288. The Labute approximate surface area is 168 Å². The Morgan fingerprint density at radius 3 is 2.89 bits per heavy atom. The Kier molecular flexibility index (Phi) is 6.76. The van der Waals surface area contributed by atoms with E-state index in [4.69, 9.17) is 9.15 Å². The normalized spacial score (nSPS) is 12.0. The summed E-state index contributed by atoms with van der Waals surface area (Å²) >= 11 is 1.38. The summed E-state index contributed by atoms with van der Waals surface area (Å²) in [6.07, 6.45) is 2.54. The van der Waals surface area contributed by atoms with Crippen LogP contribution in [-0.4, -0.2) is 39.6 Å². The highest BCUT2D eigenvalue weighted by Gasteiger charge is 2.21. The summed E-state index contributed by atoms with van der Waals surface area (Å²) in [6.45, 7) is 5.03. The lowest BCUT2D eigenvalue weighted by molar-refractivity contribution is -0.120. The van der Waals surface area contributed by atoms with Gasteiger partial charge < -0.3 is 14.5 Å². The second-order valence-electron chi connectivity index (χ2n) is 6.25. The topological polar surface area (TPSA) is 82.2 Å². The number of carbonyl (C=O) groups is 1. The number of nitrogens with zero attached hydrogens (tertiary/aromatic N) is 3. The Balaban J connectivity index is 1.91. The van der Waals surface area contributed by atoms with Crippen molar-refractivity contribution in [1.82, 2.24) is 20.1 Å². The van der Waals surface area contributed by atoms with E-state index in [-0.39, 0.29) is 11.2 Å². The number of hydrogen-bond acceptors (Lipinski definition) is 6. The molecule has 1 atom stereocenters. The van der Waals surface area contributed by atoms with Crippen molar-refractivity contribution in [3.8, 4) is 17.1 Å². The van der Waals surface area contributed by atoms with Crippen LogP contribution in [-0.2, 0) is 11.3 Å². The zero-order valence-corrected chi connectivity index (χ0v) is 17.0. The molecule has 0 bridgehead atoms. The van der Waals surface area contributed by atoms with Gasteiger partial charge in [0.05, 0.1) is 25.2 Å². The third-order valence-corrected chi connectivity index (χ3v) is 5.22. The zero-order chi connectivity index (χ0) is 19.9. The van der Waals surface area contributed by atoms with Gasteiger partial charge in [-0.25, -0.2) is 0 Å². The van der Waals surface area contributed by atoms with E-state index >= 15 is 0 Å². The SMILES string of the molecule is CCCNC(=O)[C@H](C)Sc1nnc(-c2cccc(OC)c2)n1Cc1ccco1. The van der Waals surface area contributed by atoms with Gasteiger partial charge in [-0.15, -0.1) is 10.2 Å². The van der Waals surface area contributed by atoms with Gasteiger partial charge >= 0.3 is 0 Å². The minimum Gasteiger partial charge on any atom is -0.497 e. The number of amides is 1. The van der Waals surface area contributed by atoms with E-state index in [0.717, 1.165) is 23.5 Å². The van der Waals surface area contributed by atoms with Gasteiger partial charge in [0.15, 0.2) is 11.0 Å². The van der Waals surface area contributed by atoms with E-state index in [1.165, 1.54) is 11.8 Å². The van der Waals surface area contributed by atoms with Crippen LogP contribution in [0.25, 0.3) is 11.4 Å². The second kappa shape index (κ2) is 9.45. The summed E-state index contributed by atoms with van der Waals surface area (Å²) in [7, 11) is 1.63. The highest BCUT2D eigenvalue weighted by atomic mass is 32.2. The molecule has 148 valence electrons. The number of furan rings is 1. The quantitative estimate of drug-likeness (QED) is 0.553. The molecular formula is C20H24N4O3S. The highest BCUT2D eigenvalue weighted by molar-refractivity contribution is 8.00. The van der Waals surface area contributed by atoms with Crippen LogP contribution in [0.3, 0.4) is 0 Å². The number of aromatic nitrogens is 3. The molecule has 0 saturated carbocycles. The van der Waals surface area contributed by atoms with E-state index in [9.17, 15) is 4.79 Å². The summed E-state index contributed by atoms with van der Waals surface area (Å²) in [5.41, 5.74) is 0.883. The van der Waals surface area contributed by atoms with Crippen LogP contribution in [0.2, 0.25) is 0 Å². The third-order valence-electron chi connectivity index (χ3n) is 4.14. The summed E-state index contributed by atoms with van der Waals surface area (Å²) in [5, 5.41) is 12.0. The molecule has 0 radical (unpaired) electrons. The maximum absolute atomic E-state index is 12.3. The van der Waals surface area contributed by atoms with Crippen molar-refractivity contribution in [2.24, 2.45) is 0 Å². The molecule has 0 fully saturated rings. The van der Waals surface area contributed by atoms with Gasteiger partial charge in [0.25, 0.3) is 0 Å². The maximum Gasteiger partial charge on any atom is 0.233 e. The molecule has 7 nitrogen and oxygen atoms in total. The maximum atomic E-state index is 12.3. The number of methoxy groups -OCH3 is 1. The Hall–Kier alpha value is -2.74. The van der Waals surface area contributed by atoms with E-state index in [0.29, 0.717) is 24.1 Å². The number of benzene rings is 1. The predicted molar refractivity (Wildman–Crippen MR) is 108 cm³/mol. The molecule has 3 rings (SSSR count). The average Bonchev–Trinajstić information content (AvgIpc) is 3.37. The molecule has 2 aromatic heterocycles. The molecule has 0 aliphatic heterocycles. The number of ether oxygens (including phenoxy) is 1. The molecule has 0 spiro atoms. The fourth-order valence-corrected chi connectivity index (χ4v) is 3.53. The van der Waals surface area contributed by atoms with Crippen LogP contribution in [0, 0.1) is 0 Å². The van der Waals surface area contributed by atoms with Crippen LogP contribution in [0.15, 0.2) is 52.2 Å². The van der Waals surface area contributed by atoms with Gasteiger partial charge in [0.1, 0.15) is 11.5 Å². The van der Waals surface area contributed by atoms with Crippen molar-refractivity contribution >= 4 is 17.7 Å². The lowest BCUT2D eigenvalue weighted by Gasteiger charge is -2.13. The van der Waals surface area contributed by atoms with Gasteiger partial charge in [-0.2, -0.15) is 0 Å². The van der Waals surface area contributed by atoms with Crippen molar-refractivity contribution in [3.05, 3.63) is 48.4 Å². The van der Waals surface area contributed by atoms with Crippen molar-refractivity contribution in [3.63, 3.8) is 0 Å². The number of carbonyl (C=O) groups excluding carboxylic acids is 1. The largest absolute Gasteiger partial charge is 0.497 e. The molecule has 0 unspecified atom stereocenters. The summed E-state index contributed by atoms with van der Waals surface area (Å²) in [4.78, 5) is 12.3.